The molecule has 2 aromatic carbocycles. The van der Waals surface area contributed by atoms with Crippen LogP contribution in [0.4, 0.5) is 0 Å². The highest BCUT2D eigenvalue weighted by atomic mass is 16.4. The zero-order valence-electron chi connectivity index (χ0n) is 13.8. The van der Waals surface area contributed by atoms with Crippen molar-refractivity contribution in [2.75, 3.05) is 0 Å². The molecule has 1 atom stereocenters. The maximum atomic E-state index is 11.7. The van der Waals surface area contributed by atoms with Crippen LogP contribution in [0.3, 0.4) is 0 Å². The van der Waals surface area contributed by atoms with Gasteiger partial charge >= 0.3 is 11.9 Å². The van der Waals surface area contributed by atoms with Gasteiger partial charge in [0.25, 0.3) is 0 Å². The van der Waals surface area contributed by atoms with Crippen molar-refractivity contribution in [1.82, 2.24) is 0 Å². The Morgan fingerprint density at radius 1 is 0.920 bits per heavy atom. The summed E-state index contributed by atoms with van der Waals surface area (Å²) in [5.74, 6) is -2.12. The summed E-state index contributed by atoms with van der Waals surface area (Å²) in [6, 6.07) is 17.3. The molecule has 0 amide bonds. The summed E-state index contributed by atoms with van der Waals surface area (Å²) in [4.78, 5) is 23.2. The Bertz CT molecular complexity index is 893. The normalized spacial score (nSPS) is 19.7. The van der Waals surface area contributed by atoms with Crippen LogP contribution in [-0.2, 0) is 9.59 Å². The smallest absolute Gasteiger partial charge is 0.331 e. The van der Waals surface area contributed by atoms with E-state index in [0.29, 0.717) is 5.57 Å². The lowest BCUT2D eigenvalue weighted by molar-refractivity contribution is -0.145. The maximum absolute atomic E-state index is 11.7. The Hall–Kier alpha value is -3.14. The quantitative estimate of drug-likeness (QED) is 0.877. The van der Waals surface area contributed by atoms with Crippen LogP contribution in [0.5, 0.6) is 0 Å². The molecule has 3 rings (SSSR count). The first-order valence-corrected chi connectivity index (χ1v) is 7.96. The number of hydrogen-bond acceptors (Lipinski definition) is 2. The lowest BCUT2D eigenvalue weighted by atomic mass is 9.76. The van der Waals surface area contributed by atoms with Crippen molar-refractivity contribution in [1.29, 1.82) is 0 Å². The van der Waals surface area contributed by atoms with E-state index in [1.54, 1.807) is 19.1 Å². The molecule has 0 saturated heterocycles. The molecule has 4 heteroatoms. The molecule has 0 spiro atoms. The van der Waals surface area contributed by atoms with Gasteiger partial charge in [-0.15, -0.1) is 0 Å². The number of carboxylic acids is 2. The minimum atomic E-state index is -1.25. The van der Waals surface area contributed by atoms with Crippen molar-refractivity contribution < 1.29 is 19.8 Å². The standard InChI is InChI=1S/C21H18O4/c1-21(20(24)25)12-15(11-16(13-21)19(22)23)18-10-6-5-9-17(18)14-7-3-2-4-8-14/h2-12H,13H2,1H3,(H,22,23)(H,24,25). The number of allylic oxidation sites excluding steroid dienone is 2. The molecule has 1 aliphatic rings. The highest BCUT2D eigenvalue weighted by Gasteiger charge is 2.37. The zero-order valence-corrected chi connectivity index (χ0v) is 13.8. The van der Waals surface area contributed by atoms with Crippen LogP contribution < -0.4 is 0 Å². The molecule has 0 fully saturated rings. The first-order valence-electron chi connectivity index (χ1n) is 7.96. The van der Waals surface area contributed by atoms with E-state index in [4.69, 9.17) is 0 Å². The summed E-state index contributed by atoms with van der Waals surface area (Å²) >= 11 is 0. The van der Waals surface area contributed by atoms with Gasteiger partial charge < -0.3 is 10.2 Å². The largest absolute Gasteiger partial charge is 0.481 e. The molecule has 0 aromatic heterocycles. The molecule has 4 nitrogen and oxygen atoms in total. The molecule has 126 valence electrons. The van der Waals surface area contributed by atoms with Crippen molar-refractivity contribution in [3.05, 3.63) is 77.9 Å². The molecule has 0 bridgehead atoms. The van der Waals surface area contributed by atoms with Crippen molar-refractivity contribution >= 4 is 17.5 Å². The minimum Gasteiger partial charge on any atom is -0.481 e. The van der Waals surface area contributed by atoms with E-state index in [-0.39, 0.29) is 12.0 Å². The van der Waals surface area contributed by atoms with E-state index in [1.165, 1.54) is 0 Å². The third-order valence-corrected chi connectivity index (χ3v) is 4.45. The fourth-order valence-electron chi connectivity index (χ4n) is 3.10. The van der Waals surface area contributed by atoms with Gasteiger partial charge in [-0.3, -0.25) is 4.79 Å². The third kappa shape index (κ3) is 3.24. The fourth-order valence-corrected chi connectivity index (χ4v) is 3.10. The van der Waals surface area contributed by atoms with Gasteiger partial charge in [-0.25, -0.2) is 4.79 Å². The van der Waals surface area contributed by atoms with Crippen molar-refractivity contribution in [3.63, 3.8) is 0 Å². The predicted molar refractivity (Wildman–Crippen MR) is 95.9 cm³/mol. The summed E-state index contributed by atoms with van der Waals surface area (Å²) in [6.45, 7) is 1.55. The molecule has 2 N–H and O–H groups in total. The third-order valence-electron chi connectivity index (χ3n) is 4.45. The van der Waals surface area contributed by atoms with Gasteiger partial charge in [-0.2, -0.15) is 0 Å². The summed E-state index contributed by atoms with van der Waals surface area (Å²) in [5.41, 5.74) is 2.22. The van der Waals surface area contributed by atoms with Gasteiger partial charge in [0.1, 0.15) is 0 Å². The Morgan fingerprint density at radius 2 is 1.52 bits per heavy atom. The molecular formula is C21H18O4. The van der Waals surface area contributed by atoms with E-state index in [9.17, 15) is 19.8 Å². The van der Waals surface area contributed by atoms with Crippen molar-refractivity contribution in [2.45, 2.75) is 13.3 Å². The van der Waals surface area contributed by atoms with Crippen molar-refractivity contribution in [3.8, 4) is 11.1 Å². The van der Waals surface area contributed by atoms with E-state index in [0.717, 1.165) is 16.7 Å². The molecule has 1 unspecified atom stereocenters. The molecule has 0 aliphatic heterocycles. The molecule has 0 saturated carbocycles. The highest BCUT2D eigenvalue weighted by Crippen LogP contribution is 2.40. The van der Waals surface area contributed by atoms with E-state index < -0.39 is 17.4 Å². The lowest BCUT2D eigenvalue weighted by Gasteiger charge is -2.27. The molecule has 0 heterocycles. The van der Waals surface area contributed by atoms with Gasteiger partial charge in [-0.1, -0.05) is 60.7 Å². The van der Waals surface area contributed by atoms with Gasteiger partial charge in [0, 0.05) is 5.57 Å². The Morgan fingerprint density at radius 3 is 2.12 bits per heavy atom. The SMILES string of the molecule is CC1(C(=O)O)C=C(c2ccccc2-c2ccccc2)C=C(C(=O)O)C1. The van der Waals surface area contributed by atoms with Crippen LogP contribution in [-0.4, -0.2) is 22.2 Å². The van der Waals surface area contributed by atoms with Crippen LogP contribution in [0.2, 0.25) is 0 Å². The van der Waals surface area contributed by atoms with Gasteiger partial charge in [0.2, 0.25) is 0 Å². The second kappa shape index (κ2) is 6.40. The molecule has 2 aromatic rings. The van der Waals surface area contributed by atoms with E-state index in [2.05, 4.69) is 0 Å². The number of rotatable bonds is 4. The van der Waals surface area contributed by atoms with Gasteiger partial charge in [-0.05, 0) is 41.7 Å². The molecule has 25 heavy (non-hydrogen) atoms. The molecule has 1 aliphatic carbocycles. The monoisotopic (exact) mass is 334 g/mol. The number of hydrogen-bond donors (Lipinski definition) is 2. The summed E-state index contributed by atoms with van der Waals surface area (Å²) < 4.78 is 0. The average molecular weight is 334 g/mol. The second-order valence-corrected chi connectivity index (χ2v) is 6.39. The number of aliphatic carboxylic acids is 2. The highest BCUT2D eigenvalue weighted by molar-refractivity contribution is 5.98. The predicted octanol–water partition coefficient (Wildman–Crippen LogP) is 4.24. The first-order chi connectivity index (χ1) is 11.9. The Kier molecular flexibility index (Phi) is 4.28. The van der Waals surface area contributed by atoms with Crippen LogP contribution in [0.1, 0.15) is 18.9 Å². The van der Waals surface area contributed by atoms with Gasteiger partial charge in [0.15, 0.2) is 0 Å². The van der Waals surface area contributed by atoms with E-state index in [1.807, 2.05) is 54.6 Å². The average Bonchev–Trinajstić information content (AvgIpc) is 2.62. The van der Waals surface area contributed by atoms with Crippen LogP contribution >= 0.6 is 0 Å². The van der Waals surface area contributed by atoms with Gasteiger partial charge in [0.05, 0.1) is 5.41 Å². The maximum Gasteiger partial charge on any atom is 0.331 e. The van der Waals surface area contributed by atoms with E-state index >= 15 is 0 Å². The lowest BCUT2D eigenvalue weighted by Crippen LogP contribution is -2.29. The number of carbonyl (C=O) groups is 2. The second-order valence-electron chi connectivity index (χ2n) is 6.39. The minimum absolute atomic E-state index is 0.0331. The zero-order chi connectivity index (χ0) is 18.0. The Labute approximate surface area is 145 Å². The molecular weight excluding hydrogens is 316 g/mol. The first kappa shape index (κ1) is 16.7. The van der Waals surface area contributed by atoms with Crippen LogP contribution in [0.25, 0.3) is 16.7 Å². The Balaban J connectivity index is 2.19. The number of benzene rings is 2. The fraction of sp³-hybridized carbons (Fsp3) is 0.143. The number of carboxylic acid groups (broad SMARTS) is 2. The topological polar surface area (TPSA) is 74.6 Å². The molecule has 0 radical (unpaired) electrons. The van der Waals surface area contributed by atoms with Crippen LogP contribution in [0, 0.1) is 5.41 Å². The summed E-state index contributed by atoms with van der Waals surface area (Å²) in [5, 5.41) is 19.0. The summed E-state index contributed by atoms with van der Waals surface area (Å²) in [7, 11) is 0. The summed E-state index contributed by atoms with van der Waals surface area (Å²) in [6.07, 6.45) is 3.20. The van der Waals surface area contributed by atoms with Crippen LogP contribution in [0.15, 0.2) is 72.3 Å². The van der Waals surface area contributed by atoms with Crippen molar-refractivity contribution in [2.24, 2.45) is 5.41 Å².